The molecule has 0 aromatic heterocycles. The van der Waals surface area contributed by atoms with E-state index in [1.165, 1.54) is 110 Å². The first-order chi connectivity index (χ1) is 28.8. The minimum absolute atomic E-state index is 1.20. The minimum atomic E-state index is 1.20. The lowest BCUT2D eigenvalue weighted by molar-refractivity contribution is 1.58. The standard InChI is InChI=1S/C58H38/c1-5-19-39(20-6-1)43-33-44(40-21-7-2-8-22-40)36-47(35-43)55-53-31-17-18-32-54(53)56(58-52-30-16-14-28-50(52)49-27-13-15-29-51(49)57(55)58)48-37-45(41-23-9-3-10-24-41)34-46(38-48)42-25-11-4-12-26-42/h1-38H. The topological polar surface area (TPSA) is 0 Å². The molecule has 0 heterocycles. The normalized spacial score (nSPS) is 11.4. The van der Waals surface area contributed by atoms with Crippen LogP contribution in [0.4, 0.5) is 0 Å². The lowest BCUT2D eigenvalue weighted by atomic mass is 9.80. The van der Waals surface area contributed by atoms with E-state index < -0.39 is 0 Å². The van der Waals surface area contributed by atoms with Gasteiger partial charge in [-0.1, -0.05) is 194 Å². The summed E-state index contributed by atoms with van der Waals surface area (Å²) in [5.41, 5.74) is 14.5. The molecular formula is C58H38. The van der Waals surface area contributed by atoms with Gasteiger partial charge in [0.15, 0.2) is 0 Å². The minimum Gasteiger partial charge on any atom is -0.0622 e. The van der Waals surface area contributed by atoms with Crippen molar-refractivity contribution < 1.29 is 0 Å². The Kier molecular flexibility index (Phi) is 8.26. The fourth-order valence-electron chi connectivity index (χ4n) is 9.18. The van der Waals surface area contributed by atoms with Crippen molar-refractivity contribution >= 4 is 43.1 Å². The summed E-state index contributed by atoms with van der Waals surface area (Å²) in [5, 5.41) is 10.1. The lowest BCUT2D eigenvalue weighted by Crippen LogP contribution is -1.95. The first kappa shape index (κ1) is 33.8. The van der Waals surface area contributed by atoms with Gasteiger partial charge in [0.05, 0.1) is 0 Å². The molecule has 0 fully saturated rings. The summed E-state index contributed by atoms with van der Waals surface area (Å²) < 4.78 is 0. The second-order valence-corrected chi connectivity index (χ2v) is 15.2. The molecule has 0 atom stereocenters. The van der Waals surface area contributed by atoms with Crippen molar-refractivity contribution in [3.05, 3.63) is 231 Å². The Bertz CT molecular complexity index is 2950. The molecular weight excluding hydrogens is 697 g/mol. The highest BCUT2D eigenvalue weighted by atomic mass is 14.3. The number of fused-ring (bicyclic) bond motifs is 7. The van der Waals surface area contributed by atoms with Crippen LogP contribution < -0.4 is 0 Å². The van der Waals surface area contributed by atoms with Crippen LogP contribution in [0.2, 0.25) is 0 Å². The van der Waals surface area contributed by atoms with Gasteiger partial charge in [0, 0.05) is 0 Å². The molecule has 11 aromatic carbocycles. The molecule has 0 aliphatic rings. The monoisotopic (exact) mass is 734 g/mol. The van der Waals surface area contributed by atoms with Crippen molar-refractivity contribution in [3.8, 4) is 66.8 Å². The molecule has 0 saturated heterocycles. The molecule has 0 bridgehead atoms. The SMILES string of the molecule is c1ccc(-c2cc(-c3ccccc3)cc(-c3c4ccccc4c(-c4cc(-c5ccccc5)cc(-c5ccccc5)c4)c4c5ccccc5c5ccccc5c34)c2)cc1. The third-order valence-corrected chi connectivity index (χ3v) is 11.8. The molecule has 11 aromatic rings. The van der Waals surface area contributed by atoms with Crippen LogP contribution in [-0.2, 0) is 0 Å². The average Bonchev–Trinajstić information content (AvgIpc) is 3.31. The molecule has 0 saturated carbocycles. The Morgan fingerprint density at radius 1 is 0.155 bits per heavy atom. The van der Waals surface area contributed by atoms with Crippen molar-refractivity contribution in [2.24, 2.45) is 0 Å². The maximum Gasteiger partial charge on any atom is -0.000763 e. The van der Waals surface area contributed by atoms with E-state index in [0.29, 0.717) is 0 Å². The van der Waals surface area contributed by atoms with E-state index in [-0.39, 0.29) is 0 Å². The van der Waals surface area contributed by atoms with E-state index >= 15 is 0 Å². The van der Waals surface area contributed by atoms with Crippen LogP contribution in [0.15, 0.2) is 231 Å². The summed E-state index contributed by atoms with van der Waals surface area (Å²) in [6.45, 7) is 0. The molecule has 0 nitrogen and oxygen atoms in total. The summed E-state index contributed by atoms with van der Waals surface area (Å²) in [4.78, 5) is 0. The smallest absolute Gasteiger partial charge is 0.000763 e. The Labute approximate surface area is 339 Å². The second-order valence-electron chi connectivity index (χ2n) is 15.2. The van der Waals surface area contributed by atoms with E-state index in [0.717, 1.165) is 0 Å². The summed E-state index contributed by atoms with van der Waals surface area (Å²) >= 11 is 0. The van der Waals surface area contributed by atoms with E-state index in [9.17, 15) is 0 Å². The van der Waals surface area contributed by atoms with Gasteiger partial charge in [-0.25, -0.2) is 0 Å². The molecule has 11 rings (SSSR count). The van der Waals surface area contributed by atoms with Crippen molar-refractivity contribution in [3.63, 3.8) is 0 Å². The molecule has 0 amide bonds. The van der Waals surface area contributed by atoms with E-state index in [4.69, 9.17) is 0 Å². The number of hydrogen-bond donors (Lipinski definition) is 0. The maximum atomic E-state index is 2.41. The molecule has 270 valence electrons. The zero-order valence-corrected chi connectivity index (χ0v) is 31.9. The largest absolute Gasteiger partial charge is 0.0622 e. The molecule has 0 aliphatic heterocycles. The van der Waals surface area contributed by atoms with Crippen LogP contribution >= 0.6 is 0 Å². The highest BCUT2D eigenvalue weighted by Gasteiger charge is 2.23. The quantitative estimate of drug-likeness (QED) is 0.118. The average molecular weight is 735 g/mol. The Hall–Kier alpha value is -7.54. The number of rotatable bonds is 6. The summed E-state index contributed by atoms with van der Waals surface area (Å²) in [5.74, 6) is 0. The fraction of sp³-hybridized carbons (Fsp3) is 0. The predicted octanol–water partition coefficient (Wildman–Crippen LogP) is 16.3. The predicted molar refractivity (Wildman–Crippen MR) is 249 cm³/mol. The van der Waals surface area contributed by atoms with E-state index in [1.807, 2.05) is 0 Å². The van der Waals surface area contributed by atoms with Crippen molar-refractivity contribution in [1.82, 2.24) is 0 Å². The van der Waals surface area contributed by atoms with Gasteiger partial charge in [0.25, 0.3) is 0 Å². The van der Waals surface area contributed by atoms with Crippen LogP contribution in [0.5, 0.6) is 0 Å². The van der Waals surface area contributed by atoms with Gasteiger partial charge in [-0.15, -0.1) is 0 Å². The summed E-state index contributed by atoms with van der Waals surface area (Å²) in [7, 11) is 0. The maximum absolute atomic E-state index is 2.41. The van der Waals surface area contributed by atoms with Gasteiger partial charge in [-0.2, -0.15) is 0 Å². The summed E-state index contributed by atoms with van der Waals surface area (Å²) in [6, 6.07) is 84.7. The Morgan fingerprint density at radius 3 is 0.672 bits per heavy atom. The van der Waals surface area contributed by atoms with E-state index in [1.54, 1.807) is 0 Å². The molecule has 0 unspecified atom stereocenters. The van der Waals surface area contributed by atoms with Gasteiger partial charge in [0.1, 0.15) is 0 Å². The molecule has 0 aliphatic carbocycles. The third kappa shape index (κ3) is 5.78. The number of hydrogen-bond acceptors (Lipinski definition) is 0. The second kappa shape index (κ2) is 14.2. The lowest BCUT2D eigenvalue weighted by Gasteiger charge is -2.23. The Morgan fingerprint density at radius 2 is 0.379 bits per heavy atom. The van der Waals surface area contributed by atoms with Crippen molar-refractivity contribution in [2.45, 2.75) is 0 Å². The first-order valence-corrected chi connectivity index (χ1v) is 20.1. The van der Waals surface area contributed by atoms with Crippen molar-refractivity contribution in [2.75, 3.05) is 0 Å². The van der Waals surface area contributed by atoms with Crippen molar-refractivity contribution in [1.29, 1.82) is 0 Å². The zero-order valence-electron chi connectivity index (χ0n) is 31.9. The van der Waals surface area contributed by atoms with Gasteiger partial charge in [-0.05, 0) is 146 Å². The summed E-state index contributed by atoms with van der Waals surface area (Å²) in [6.07, 6.45) is 0. The van der Waals surface area contributed by atoms with E-state index in [2.05, 4.69) is 231 Å². The van der Waals surface area contributed by atoms with Crippen LogP contribution in [0.1, 0.15) is 0 Å². The molecule has 0 heteroatoms. The molecule has 0 radical (unpaired) electrons. The van der Waals surface area contributed by atoms with Crippen LogP contribution in [-0.4, -0.2) is 0 Å². The zero-order chi connectivity index (χ0) is 38.4. The van der Waals surface area contributed by atoms with Gasteiger partial charge < -0.3 is 0 Å². The van der Waals surface area contributed by atoms with Gasteiger partial charge in [0.2, 0.25) is 0 Å². The highest BCUT2D eigenvalue weighted by molar-refractivity contribution is 6.36. The molecule has 0 spiro atoms. The first-order valence-electron chi connectivity index (χ1n) is 20.1. The van der Waals surface area contributed by atoms with Gasteiger partial charge >= 0.3 is 0 Å². The third-order valence-electron chi connectivity index (χ3n) is 11.8. The number of benzene rings is 11. The van der Waals surface area contributed by atoms with Crippen LogP contribution in [0, 0.1) is 0 Å². The highest BCUT2D eigenvalue weighted by Crippen LogP contribution is 2.51. The van der Waals surface area contributed by atoms with Gasteiger partial charge in [-0.3, -0.25) is 0 Å². The Balaban J connectivity index is 1.34. The molecule has 0 N–H and O–H groups in total. The van der Waals surface area contributed by atoms with Crippen LogP contribution in [0.25, 0.3) is 110 Å². The van der Waals surface area contributed by atoms with Crippen LogP contribution in [0.3, 0.4) is 0 Å². The fourth-order valence-corrected chi connectivity index (χ4v) is 9.18. The molecule has 58 heavy (non-hydrogen) atoms.